The van der Waals surface area contributed by atoms with Gasteiger partial charge in [0.05, 0.1) is 18.8 Å². The van der Waals surface area contributed by atoms with Crippen LogP contribution in [0.4, 0.5) is 0 Å². The van der Waals surface area contributed by atoms with Gasteiger partial charge in [-0.3, -0.25) is 0 Å². The van der Waals surface area contributed by atoms with Crippen LogP contribution in [-0.4, -0.2) is 60.0 Å². The molecule has 1 rings (SSSR count). The van der Waals surface area contributed by atoms with Crippen molar-refractivity contribution in [3.05, 3.63) is 0 Å². The number of hydrogen-bond donors (Lipinski definition) is 3. The number of nitrogens with zero attached hydrogens (tertiary/aromatic N) is 1. The molecule has 0 aliphatic carbocycles. The summed E-state index contributed by atoms with van der Waals surface area (Å²) in [5.41, 5.74) is -0.543. The molecule has 0 amide bonds. The molecule has 0 saturated carbocycles. The lowest BCUT2D eigenvalue weighted by Gasteiger charge is -2.36. The van der Waals surface area contributed by atoms with Gasteiger partial charge < -0.3 is 20.4 Å². The van der Waals surface area contributed by atoms with Crippen molar-refractivity contribution in [2.75, 3.05) is 33.4 Å². The summed E-state index contributed by atoms with van der Waals surface area (Å²) < 4.78 is 0. The fourth-order valence-corrected chi connectivity index (χ4v) is 1.93. The van der Waals surface area contributed by atoms with Gasteiger partial charge in [0, 0.05) is 12.6 Å². The van der Waals surface area contributed by atoms with Gasteiger partial charge in [-0.05, 0) is 33.4 Å². The average Bonchev–Trinajstić information content (AvgIpc) is 2.28. The van der Waals surface area contributed by atoms with Crippen LogP contribution >= 0.6 is 0 Å². The molecule has 0 spiro atoms. The molecule has 4 nitrogen and oxygen atoms in total. The Morgan fingerprint density at radius 2 is 2.00 bits per heavy atom. The van der Waals surface area contributed by atoms with Gasteiger partial charge in [0.15, 0.2) is 0 Å². The highest BCUT2D eigenvalue weighted by Crippen LogP contribution is 2.15. The van der Waals surface area contributed by atoms with Crippen LogP contribution in [0.5, 0.6) is 0 Å². The van der Waals surface area contributed by atoms with Crippen molar-refractivity contribution in [1.82, 2.24) is 10.2 Å². The van der Waals surface area contributed by atoms with Gasteiger partial charge in [-0.15, -0.1) is 0 Å². The predicted molar refractivity (Wildman–Crippen MR) is 60.8 cm³/mol. The topological polar surface area (TPSA) is 55.7 Å². The highest BCUT2D eigenvalue weighted by Gasteiger charge is 2.25. The van der Waals surface area contributed by atoms with Crippen LogP contribution in [0, 0.1) is 0 Å². The number of nitrogens with one attached hydrogen (secondary N) is 1. The lowest BCUT2D eigenvalue weighted by atomic mass is 10.0. The number of aliphatic hydroxyl groups excluding tert-OH is 2. The van der Waals surface area contributed by atoms with E-state index in [0.29, 0.717) is 6.04 Å². The smallest absolute Gasteiger partial charge is 0.0633 e. The first-order valence-electron chi connectivity index (χ1n) is 5.78. The zero-order valence-electron chi connectivity index (χ0n) is 9.87. The maximum absolute atomic E-state index is 9.14. The maximum atomic E-state index is 9.14. The van der Waals surface area contributed by atoms with Crippen LogP contribution in [0.1, 0.15) is 26.2 Å². The molecule has 15 heavy (non-hydrogen) atoms. The Balaban J connectivity index is 2.34. The van der Waals surface area contributed by atoms with E-state index in [1.54, 1.807) is 0 Å². The van der Waals surface area contributed by atoms with E-state index in [9.17, 15) is 0 Å². The monoisotopic (exact) mass is 216 g/mol. The zero-order chi connectivity index (χ0) is 11.3. The van der Waals surface area contributed by atoms with E-state index in [4.69, 9.17) is 10.2 Å². The summed E-state index contributed by atoms with van der Waals surface area (Å²) >= 11 is 0. The zero-order valence-corrected chi connectivity index (χ0v) is 9.87. The standard InChI is InChI=1S/C11H24N2O2/c1-11(8-14,9-15)12-7-10-5-3-4-6-13(10)2/h10,12,14-15H,3-9H2,1-2H3. The first-order chi connectivity index (χ1) is 7.11. The summed E-state index contributed by atoms with van der Waals surface area (Å²) in [4.78, 5) is 2.35. The van der Waals surface area contributed by atoms with Gasteiger partial charge in [0.2, 0.25) is 0 Å². The number of piperidine rings is 1. The molecule has 0 aromatic heterocycles. The largest absolute Gasteiger partial charge is 0.394 e. The minimum absolute atomic E-state index is 0.0278. The van der Waals surface area contributed by atoms with Crippen molar-refractivity contribution in [3.63, 3.8) is 0 Å². The van der Waals surface area contributed by atoms with Crippen molar-refractivity contribution in [1.29, 1.82) is 0 Å². The molecule has 1 aliphatic rings. The number of likely N-dealkylation sites (N-methyl/N-ethyl adjacent to an activating group) is 1. The van der Waals surface area contributed by atoms with Gasteiger partial charge in [0.1, 0.15) is 0 Å². The molecule has 4 heteroatoms. The lowest BCUT2D eigenvalue weighted by Crippen LogP contribution is -2.54. The van der Waals surface area contributed by atoms with E-state index in [2.05, 4.69) is 17.3 Å². The lowest BCUT2D eigenvalue weighted by molar-refractivity contribution is 0.0896. The number of rotatable bonds is 5. The Morgan fingerprint density at radius 3 is 2.53 bits per heavy atom. The van der Waals surface area contributed by atoms with E-state index >= 15 is 0 Å². The van der Waals surface area contributed by atoms with E-state index in [1.807, 2.05) is 6.92 Å². The van der Waals surface area contributed by atoms with Crippen LogP contribution in [0.2, 0.25) is 0 Å². The van der Waals surface area contributed by atoms with Crippen LogP contribution in [0.3, 0.4) is 0 Å². The molecule has 1 saturated heterocycles. The number of likely N-dealkylation sites (tertiary alicyclic amines) is 1. The number of hydrogen-bond acceptors (Lipinski definition) is 4. The Labute approximate surface area is 92.3 Å². The van der Waals surface area contributed by atoms with Gasteiger partial charge in [-0.2, -0.15) is 0 Å². The summed E-state index contributed by atoms with van der Waals surface area (Å²) in [5, 5.41) is 21.5. The van der Waals surface area contributed by atoms with Crippen molar-refractivity contribution in [3.8, 4) is 0 Å². The Kier molecular flexibility index (Phi) is 4.99. The quantitative estimate of drug-likeness (QED) is 0.596. The van der Waals surface area contributed by atoms with Crippen molar-refractivity contribution in [2.24, 2.45) is 0 Å². The molecule has 0 bridgehead atoms. The van der Waals surface area contributed by atoms with Crippen LogP contribution in [-0.2, 0) is 0 Å². The molecule has 1 heterocycles. The average molecular weight is 216 g/mol. The van der Waals surface area contributed by atoms with Crippen LogP contribution < -0.4 is 5.32 Å². The highest BCUT2D eigenvalue weighted by molar-refractivity contribution is 4.85. The summed E-state index contributed by atoms with van der Waals surface area (Å²) in [6.45, 7) is 3.78. The molecule has 1 fully saturated rings. The van der Waals surface area contributed by atoms with E-state index in [0.717, 1.165) is 13.1 Å². The van der Waals surface area contributed by atoms with Crippen LogP contribution in [0.15, 0.2) is 0 Å². The molecule has 1 unspecified atom stereocenters. The van der Waals surface area contributed by atoms with Gasteiger partial charge >= 0.3 is 0 Å². The Morgan fingerprint density at radius 1 is 1.33 bits per heavy atom. The maximum Gasteiger partial charge on any atom is 0.0633 e. The molecule has 90 valence electrons. The molecule has 0 aromatic carbocycles. The highest BCUT2D eigenvalue weighted by atomic mass is 16.3. The summed E-state index contributed by atoms with van der Waals surface area (Å²) in [6, 6.07) is 0.538. The molecule has 3 N–H and O–H groups in total. The van der Waals surface area contributed by atoms with Crippen molar-refractivity contribution < 1.29 is 10.2 Å². The number of aliphatic hydroxyl groups is 2. The molecule has 1 aliphatic heterocycles. The van der Waals surface area contributed by atoms with Gasteiger partial charge in [0.25, 0.3) is 0 Å². The predicted octanol–water partition coefficient (Wildman–Crippen LogP) is -0.196. The van der Waals surface area contributed by atoms with Crippen molar-refractivity contribution >= 4 is 0 Å². The summed E-state index contributed by atoms with van der Waals surface area (Å²) in [5.74, 6) is 0. The van der Waals surface area contributed by atoms with Crippen LogP contribution in [0.25, 0.3) is 0 Å². The van der Waals surface area contributed by atoms with Gasteiger partial charge in [-0.1, -0.05) is 6.42 Å². The van der Waals surface area contributed by atoms with E-state index in [-0.39, 0.29) is 13.2 Å². The minimum atomic E-state index is -0.543. The molecular formula is C11H24N2O2. The third-order valence-electron chi connectivity index (χ3n) is 3.38. The molecule has 0 aromatic rings. The third kappa shape index (κ3) is 3.72. The minimum Gasteiger partial charge on any atom is -0.394 e. The Hall–Kier alpha value is -0.160. The molecule has 1 atom stereocenters. The second-order valence-corrected chi connectivity index (χ2v) is 4.89. The second-order valence-electron chi connectivity index (χ2n) is 4.89. The Bertz CT molecular complexity index is 183. The molecule has 0 radical (unpaired) electrons. The third-order valence-corrected chi connectivity index (χ3v) is 3.38. The van der Waals surface area contributed by atoms with E-state index in [1.165, 1.54) is 19.3 Å². The summed E-state index contributed by atoms with van der Waals surface area (Å²) in [6.07, 6.45) is 3.77. The second kappa shape index (κ2) is 5.80. The van der Waals surface area contributed by atoms with Gasteiger partial charge in [-0.25, -0.2) is 0 Å². The van der Waals surface area contributed by atoms with Crippen molar-refractivity contribution in [2.45, 2.75) is 37.8 Å². The summed E-state index contributed by atoms with van der Waals surface area (Å²) in [7, 11) is 2.14. The fraction of sp³-hybridized carbons (Fsp3) is 1.00. The first-order valence-corrected chi connectivity index (χ1v) is 5.78. The van der Waals surface area contributed by atoms with E-state index < -0.39 is 5.54 Å². The normalized spacial score (nSPS) is 24.4. The first kappa shape index (κ1) is 12.9. The molecular weight excluding hydrogens is 192 g/mol. The fourth-order valence-electron chi connectivity index (χ4n) is 1.93. The SMILES string of the molecule is CN1CCCCC1CNC(C)(CO)CO.